The van der Waals surface area contributed by atoms with Gasteiger partial charge in [0, 0.05) is 31.6 Å². The molecule has 0 bridgehead atoms. The molecule has 10 N–H and O–H groups in total. The number of aryl methyl sites for hydroxylation is 1. The van der Waals surface area contributed by atoms with E-state index in [4.69, 9.17) is 15.2 Å². The van der Waals surface area contributed by atoms with Crippen LogP contribution < -0.4 is 43.0 Å². The number of carboxylic acid groups (broad SMARTS) is 1. The molecule has 0 aliphatic rings. The summed E-state index contributed by atoms with van der Waals surface area (Å²) in [5.74, 6) is -4.87. The molecular formula is C50H78N8O11. The summed E-state index contributed by atoms with van der Waals surface area (Å²) in [6, 6.07) is 11.7. The largest absolute Gasteiger partial charge is 0.480 e. The lowest BCUT2D eigenvalue weighted by atomic mass is 10.0. The summed E-state index contributed by atoms with van der Waals surface area (Å²) in [5.41, 5.74) is 8.23. The van der Waals surface area contributed by atoms with Crippen LogP contribution in [0.2, 0.25) is 0 Å². The van der Waals surface area contributed by atoms with Crippen molar-refractivity contribution in [3.05, 3.63) is 59.7 Å². The highest BCUT2D eigenvalue weighted by molar-refractivity contribution is 5.96. The maximum absolute atomic E-state index is 14.0. The summed E-state index contributed by atoms with van der Waals surface area (Å²) in [6.07, 6.45) is 1.70. The molecule has 7 amide bonds. The van der Waals surface area contributed by atoms with Crippen molar-refractivity contribution in [2.75, 3.05) is 19.6 Å². The highest BCUT2D eigenvalue weighted by Crippen LogP contribution is 2.21. The monoisotopic (exact) mass is 967 g/mol. The Labute approximate surface area is 407 Å². The Bertz CT molecular complexity index is 1980. The number of ether oxygens (including phenoxy) is 2. The molecular weight excluding hydrogens is 889 g/mol. The number of carboxylic acids is 1. The lowest BCUT2D eigenvalue weighted by Crippen LogP contribution is -2.60. The van der Waals surface area contributed by atoms with E-state index < -0.39 is 83.2 Å². The van der Waals surface area contributed by atoms with E-state index in [1.165, 1.54) is 5.56 Å². The van der Waals surface area contributed by atoms with Gasteiger partial charge in [0.15, 0.2) is 6.17 Å². The lowest BCUT2D eigenvalue weighted by molar-refractivity contribution is -0.142. The Morgan fingerprint density at radius 3 is 1.55 bits per heavy atom. The molecule has 69 heavy (non-hydrogen) atoms. The normalized spacial score (nSPS) is 13.1. The number of rotatable bonds is 28. The first kappa shape index (κ1) is 58.9. The molecule has 0 aromatic heterocycles. The maximum atomic E-state index is 14.0. The zero-order valence-electron chi connectivity index (χ0n) is 42.0. The minimum Gasteiger partial charge on any atom is -0.480 e. The lowest BCUT2D eigenvalue weighted by Gasteiger charge is -2.25. The van der Waals surface area contributed by atoms with Crippen molar-refractivity contribution in [2.45, 2.75) is 168 Å². The van der Waals surface area contributed by atoms with Crippen molar-refractivity contribution < 1.29 is 52.9 Å². The molecule has 0 spiro atoms. The number of amides is 7. The first-order chi connectivity index (χ1) is 32.4. The minimum atomic E-state index is -1.69. The first-order valence-corrected chi connectivity index (χ1v) is 24.0. The van der Waals surface area contributed by atoms with E-state index in [0.717, 1.165) is 30.4 Å². The third kappa shape index (κ3) is 25.1. The van der Waals surface area contributed by atoms with E-state index in [9.17, 15) is 43.5 Å². The van der Waals surface area contributed by atoms with Crippen LogP contribution in [0.1, 0.15) is 142 Å². The number of carbonyl (C=O) groups excluding carboxylic acids is 7. The zero-order chi connectivity index (χ0) is 51.7. The van der Waals surface area contributed by atoms with Gasteiger partial charge in [-0.15, -0.1) is 0 Å². The standard InChI is InChI=1S/C50H78N8O11/c1-10-11-16-33-19-21-34(22-20-33)35-23-25-36(26-24-35)42(60)52-30-27-40(59)55-37(17-12-14-28-53-47(66)68-49(4,5)6)43(61)56-38(18-13-15-29-54-48(67)69-50(7,8)9)44(62)58-41(51)45(63)57-39(46(64)65)31-32(2)3/h19-26,32,37-39,41H,10-18,27-31,51H2,1-9H3,(H,52,60)(H,53,66)(H,54,67)(H,55,59)(H,56,61)(H,57,63)(H,58,62)(H,64,65)/t37-,38-,39-,41+/m0/s1. The van der Waals surface area contributed by atoms with E-state index >= 15 is 0 Å². The molecule has 0 heterocycles. The topological polar surface area (TPSA) is 285 Å². The second-order valence-electron chi connectivity index (χ2n) is 19.4. The summed E-state index contributed by atoms with van der Waals surface area (Å²) in [4.78, 5) is 103. The van der Waals surface area contributed by atoms with Gasteiger partial charge in [-0.2, -0.15) is 0 Å². The number of nitrogens with two attached hydrogens (primary N) is 1. The van der Waals surface area contributed by atoms with E-state index in [1.807, 2.05) is 12.1 Å². The highest BCUT2D eigenvalue weighted by Gasteiger charge is 2.30. The summed E-state index contributed by atoms with van der Waals surface area (Å²) >= 11 is 0. The smallest absolute Gasteiger partial charge is 0.407 e. The predicted octanol–water partition coefficient (Wildman–Crippen LogP) is 5.19. The number of carbonyl (C=O) groups is 8. The SMILES string of the molecule is CCCCc1ccc(-c2ccc(C(=O)NCCC(=O)N[C@@H](CCCCNC(=O)OC(C)(C)C)C(=O)N[C@@H](CCCCNC(=O)OC(C)(C)C)C(=O)N[C@@H](N)C(=O)N[C@@H](CC(C)C)C(=O)O)cc2)cc1. The second-order valence-corrected chi connectivity index (χ2v) is 19.4. The molecule has 0 saturated heterocycles. The molecule has 0 unspecified atom stereocenters. The van der Waals surface area contributed by atoms with Gasteiger partial charge in [0.25, 0.3) is 11.8 Å². The Morgan fingerprint density at radius 1 is 0.594 bits per heavy atom. The molecule has 2 rings (SSSR count). The van der Waals surface area contributed by atoms with Gasteiger partial charge in [-0.25, -0.2) is 14.4 Å². The van der Waals surface area contributed by atoms with Crippen molar-refractivity contribution in [1.29, 1.82) is 0 Å². The van der Waals surface area contributed by atoms with Crippen LogP contribution in [0.3, 0.4) is 0 Å². The predicted molar refractivity (Wildman–Crippen MR) is 263 cm³/mol. The third-order valence-electron chi connectivity index (χ3n) is 10.3. The van der Waals surface area contributed by atoms with Gasteiger partial charge in [0.1, 0.15) is 29.3 Å². The molecule has 384 valence electrons. The number of unbranched alkanes of at least 4 members (excludes halogenated alkanes) is 3. The fourth-order valence-corrected chi connectivity index (χ4v) is 6.76. The van der Waals surface area contributed by atoms with Gasteiger partial charge in [-0.05, 0) is 134 Å². The van der Waals surface area contributed by atoms with Gasteiger partial charge in [0.2, 0.25) is 17.7 Å². The van der Waals surface area contributed by atoms with Crippen LogP contribution in [0.5, 0.6) is 0 Å². The van der Waals surface area contributed by atoms with E-state index in [-0.39, 0.29) is 57.7 Å². The van der Waals surface area contributed by atoms with Gasteiger partial charge in [0.05, 0.1) is 0 Å². The average molecular weight is 967 g/mol. The van der Waals surface area contributed by atoms with Gasteiger partial charge in [-0.3, -0.25) is 24.0 Å². The van der Waals surface area contributed by atoms with Gasteiger partial charge < -0.3 is 57.5 Å². The van der Waals surface area contributed by atoms with Crippen LogP contribution in [-0.2, 0) is 39.9 Å². The zero-order valence-corrected chi connectivity index (χ0v) is 42.0. The molecule has 0 saturated carbocycles. The number of benzene rings is 2. The van der Waals surface area contributed by atoms with Crippen LogP contribution in [-0.4, -0.2) is 108 Å². The number of aliphatic carboxylic acids is 1. The Kier molecular flexibility index (Phi) is 25.3. The first-order valence-electron chi connectivity index (χ1n) is 24.0. The molecule has 2 aromatic rings. The van der Waals surface area contributed by atoms with Crippen LogP contribution in [0, 0.1) is 5.92 Å². The van der Waals surface area contributed by atoms with Crippen LogP contribution in [0.25, 0.3) is 11.1 Å². The number of alkyl carbamates (subject to hydrolysis) is 2. The van der Waals surface area contributed by atoms with Crippen molar-refractivity contribution >= 4 is 47.7 Å². The number of hydrogen-bond acceptors (Lipinski definition) is 11. The van der Waals surface area contributed by atoms with Crippen LogP contribution in [0.15, 0.2) is 48.5 Å². The Morgan fingerprint density at radius 2 is 1.07 bits per heavy atom. The molecule has 0 aliphatic heterocycles. The van der Waals surface area contributed by atoms with E-state index in [2.05, 4.69) is 68.4 Å². The average Bonchev–Trinajstić information content (AvgIpc) is 3.25. The van der Waals surface area contributed by atoms with Gasteiger partial charge in [-0.1, -0.05) is 63.6 Å². The Hall–Kier alpha value is -6.24. The van der Waals surface area contributed by atoms with Crippen molar-refractivity contribution in [1.82, 2.24) is 37.2 Å². The quantitative estimate of drug-likeness (QED) is 0.0394. The van der Waals surface area contributed by atoms with Gasteiger partial charge >= 0.3 is 18.2 Å². The van der Waals surface area contributed by atoms with Crippen LogP contribution in [0.4, 0.5) is 9.59 Å². The molecule has 0 fully saturated rings. The molecule has 19 nitrogen and oxygen atoms in total. The summed E-state index contributed by atoms with van der Waals surface area (Å²) < 4.78 is 10.5. The fourth-order valence-electron chi connectivity index (χ4n) is 6.76. The van der Waals surface area contributed by atoms with E-state index in [1.54, 1.807) is 67.5 Å². The molecule has 2 aromatic carbocycles. The third-order valence-corrected chi connectivity index (χ3v) is 10.3. The highest BCUT2D eigenvalue weighted by atomic mass is 16.6. The maximum Gasteiger partial charge on any atom is 0.407 e. The minimum absolute atomic E-state index is 0.00578. The van der Waals surface area contributed by atoms with Crippen molar-refractivity contribution in [3.63, 3.8) is 0 Å². The van der Waals surface area contributed by atoms with Crippen LogP contribution >= 0.6 is 0 Å². The van der Waals surface area contributed by atoms with E-state index in [0.29, 0.717) is 24.8 Å². The summed E-state index contributed by atoms with van der Waals surface area (Å²) in [5, 5.41) is 27.7. The summed E-state index contributed by atoms with van der Waals surface area (Å²) in [7, 11) is 0. The number of nitrogens with one attached hydrogen (secondary N) is 7. The molecule has 0 aliphatic carbocycles. The van der Waals surface area contributed by atoms with Crippen molar-refractivity contribution in [3.8, 4) is 11.1 Å². The van der Waals surface area contributed by atoms with Crippen molar-refractivity contribution in [2.24, 2.45) is 11.7 Å². The second kappa shape index (κ2) is 29.6. The molecule has 19 heteroatoms. The molecule has 4 atom stereocenters. The summed E-state index contributed by atoms with van der Waals surface area (Å²) in [6.45, 7) is 16.4. The Balaban J connectivity index is 2.19. The fraction of sp³-hybridized carbons (Fsp3) is 0.600. The number of hydrogen-bond donors (Lipinski definition) is 9. The molecule has 0 radical (unpaired) electrons.